The SMILES string of the molecule is COC(=O)C12CC3CC(C1)N(C(=O)CC(C)c1c[nH]c4cccc(Cl)c14)C(C3)C2. The zero-order valence-electron chi connectivity index (χ0n) is 16.9. The van der Waals surface area contributed by atoms with E-state index in [0.717, 1.165) is 48.6 Å². The smallest absolute Gasteiger partial charge is 0.311 e. The van der Waals surface area contributed by atoms with Gasteiger partial charge in [0.2, 0.25) is 5.91 Å². The number of hydrogen-bond acceptors (Lipinski definition) is 3. The van der Waals surface area contributed by atoms with E-state index < -0.39 is 0 Å². The van der Waals surface area contributed by atoms with Gasteiger partial charge in [0.15, 0.2) is 0 Å². The van der Waals surface area contributed by atoms with E-state index in [1.54, 1.807) is 0 Å². The van der Waals surface area contributed by atoms with Gasteiger partial charge in [-0.3, -0.25) is 9.59 Å². The number of rotatable bonds is 4. The molecule has 6 rings (SSSR count). The van der Waals surface area contributed by atoms with Crippen LogP contribution in [0.15, 0.2) is 24.4 Å². The fourth-order valence-corrected chi connectivity index (χ4v) is 6.81. The van der Waals surface area contributed by atoms with Gasteiger partial charge in [0, 0.05) is 35.6 Å². The largest absolute Gasteiger partial charge is 0.469 e. The Bertz CT molecular complexity index is 968. The van der Waals surface area contributed by atoms with Gasteiger partial charge in [-0.05, 0) is 61.6 Å². The van der Waals surface area contributed by atoms with Gasteiger partial charge in [-0.2, -0.15) is 0 Å². The maximum Gasteiger partial charge on any atom is 0.311 e. The number of carbonyl (C=O) groups excluding carboxylic acids is 2. The minimum absolute atomic E-state index is 0.0721. The molecule has 4 aliphatic rings. The average Bonchev–Trinajstić information content (AvgIpc) is 3.12. The third kappa shape index (κ3) is 2.89. The fourth-order valence-electron chi connectivity index (χ4n) is 6.53. The summed E-state index contributed by atoms with van der Waals surface area (Å²) in [5.41, 5.74) is 1.73. The molecule has 3 heterocycles. The number of ether oxygens (including phenoxy) is 1. The molecule has 2 aromatic rings. The predicted molar refractivity (Wildman–Crippen MR) is 112 cm³/mol. The number of H-pyrrole nitrogens is 1. The topological polar surface area (TPSA) is 62.4 Å². The number of nitrogens with zero attached hydrogens (tertiary/aromatic N) is 1. The first-order valence-electron chi connectivity index (χ1n) is 10.6. The summed E-state index contributed by atoms with van der Waals surface area (Å²) in [7, 11) is 1.48. The maximum absolute atomic E-state index is 13.4. The summed E-state index contributed by atoms with van der Waals surface area (Å²) in [4.78, 5) is 31.3. The Balaban J connectivity index is 1.36. The van der Waals surface area contributed by atoms with Crippen LogP contribution in [0.1, 0.15) is 56.9 Å². The Hall–Kier alpha value is -2.01. The Labute approximate surface area is 175 Å². The van der Waals surface area contributed by atoms with E-state index in [1.165, 1.54) is 7.11 Å². The van der Waals surface area contributed by atoms with Gasteiger partial charge in [0.05, 0.1) is 17.5 Å². The number of methoxy groups -OCH3 is 1. The van der Waals surface area contributed by atoms with Crippen molar-refractivity contribution in [2.24, 2.45) is 11.3 Å². The highest BCUT2D eigenvalue weighted by Crippen LogP contribution is 2.56. The molecule has 1 aromatic heterocycles. The molecule has 1 amide bonds. The van der Waals surface area contributed by atoms with E-state index in [-0.39, 0.29) is 35.3 Å². The van der Waals surface area contributed by atoms with E-state index >= 15 is 0 Å². The van der Waals surface area contributed by atoms with Gasteiger partial charge in [-0.15, -0.1) is 0 Å². The van der Waals surface area contributed by atoms with Crippen LogP contribution in [0.2, 0.25) is 5.02 Å². The van der Waals surface area contributed by atoms with Crippen molar-refractivity contribution in [3.8, 4) is 0 Å². The Morgan fingerprint density at radius 2 is 2.00 bits per heavy atom. The molecule has 0 radical (unpaired) electrons. The summed E-state index contributed by atoms with van der Waals surface area (Å²) < 4.78 is 5.14. The Morgan fingerprint density at radius 1 is 1.28 bits per heavy atom. The van der Waals surface area contributed by atoms with Crippen LogP contribution in [-0.4, -0.2) is 41.0 Å². The van der Waals surface area contributed by atoms with Crippen molar-refractivity contribution in [1.29, 1.82) is 0 Å². The number of amides is 1. The van der Waals surface area contributed by atoms with Gasteiger partial charge in [-0.1, -0.05) is 24.6 Å². The lowest BCUT2D eigenvalue weighted by Gasteiger charge is -2.60. The Morgan fingerprint density at radius 3 is 2.69 bits per heavy atom. The number of esters is 1. The van der Waals surface area contributed by atoms with Crippen molar-refractivity contribution in [2.75, 3.05) is 7.11 Å². The van der Waals surface area contributed by atoms with Crippen LogP contribution in [0.25, 0.3) is 10.9 Å². The third-order valence-corrected chi connectivity index (χ3v) is 7.85. The summed E-state index contributed by atoms with van der Waals surface area (Å²) in [6.45, 7) is 2.09. The van der Waals surface area contributed by atoms with Crippen LogP contribution < -0.4 is 0 Å². The van der Waals surface area contributed by atoms with Gasteiger partial charge in [-0.25, -0.2) is 0 Å². The first-order valence-corrected chi connectivity index (χ1v) is 10.9. The van der Waals surface area contributed by atoms with E-state index in [0.29, 0.717) is 17.4 Å². The number of halogens is 1. The summed E-state index contributed by atoms with van der Waals surface area (Å²) in [6.07, 6.45) is 6.92. The zero-order chi connectivity index (χ0) is 20.3. The summed E-state index contributed by atoms with van der Waals surface area (Å²) in [6, 6.07) is 6.17. The van der Waals surface area contributed by atoms with Crippen LogP contribution in [0.5, 0.6) is 0 Å². The highest BCUT2D eigenvalue weighted by Gasteiger charge is 2.59. The minimum Gasteiger partial charge on any atom is -0.469 e. The molecular weight excluding hydrogens is 388 g/mol. The number of nitrogens with one attached hydrogen (secondary N) is 1. The van der Waals surface area contributed by atoms with Crippen molar-refractivity contribution in [3.05, 3.63) is 35.0 Å². The van der Waals surface area contributed by atoms with Crippen LogP contribution >= 0.6 is 11.6 Å². The highest BCUT2D eigenvalue weighted by molar-refractivity contribution is 6.35. The van der Waals surface area contributed by atoms with E-state index in [1.807, 2.05) is 24.4 Å². The molecule has 29 heavy (non-hydrogen) atoms. The number of aromatic amines is 1. The summed E-state index contributed by atoms with van der Waals surface area (Å²) in [5, 5.41) is 1.73. The van der Waals surface area contributed by atoms with Crippen LogP contribution in [0, 0.1) is 11.3 Å². The molecular formula is C23H27ClN2O3. The molecule has 2 saturated heterocycles. The number of benzene rings is 1. The molecule has 3 atom stereocenters. The second-order valence-electron chi connectivity index (χ2n) is 9.34. The van der Waals surface area contributed by atoms with Gasteiger partial charge >= 0.3 is 5.97 Å². The molecule has 3 unspecified atom stereocenters. The number of piperidine rings is 2. The van der Waals surface area contributed by atoms with Gasteiger partial charge in [0.1, 0.15) is 0 Å². The molecule has 154 valence electrons. The standard InChI is InChI=1S/C23H27ClN2O3/c1-13(17-12-25-19-5-3-4-18(24)21(17)19)6-20(27)26-15-7-14-8-16(26)11-23(9-14,10-15)22(28)29-2/h3-5,12-16,25H,6-11H2,1-2H3. The molecule has 6 heteroatoms. The summed E-state index contributed by atoms with van der Waals surface area (Å²) in [5.74, 6) is 0.738. The Kier molecular flexibility index (Phi) is 4.43. The second-order valence-corrected chi connectivity index (χ2v) is 9.75. The van der Waals surface area contributed by atoms with E-state index in [9.17, 15) is 9.59 Å². The van der Waals surface area contributed by atoms with Gasteiger partial charge < -0.3 is 14.6 Å². The van der Waals surface area contributed by atoms with Crippen LogP contribution in [-0.2, 0) is 14.3 Å². The number of fused-ring (bicyclic) bond motifs is 1. The van der Waals surface area contributed by atoms with Crippen LogP contribution in [0.4, 0.5) is 0 Å². The average molecular weight is 415 g/mol. The lowest BCUT2D eigenvalue weighted by atomic mass is 9.55. The minimum atomic E-state index is -0.363. The van der Waals surface area contributed by atoms with Gasteiger partial charge in [0.25, 0.3) is 0 Å². The molecule has 4 bridgehead atoms. The first kappa shape index (κ1) is 19.0. The molecule has 2 saturated carbocycles. The monoisotopic (exact) mass is 414 g/mol. The number of hydrogen-bond donors (Lipinski definition) is 1. The van der Waals surface area contributed by atoms with E-state index in [2.05, 4.69) is 16.8 Å². The lowest BCUT2D eigenvalue weighted by Crippen LogP contribution is -2.65. The first-order chi connectivity index (χ1) is 13.9. The second kappa shape index (κ2) is 6.76. The van der Waals surface area contributed by atoms with Crippen molar-refractivity contribution in [3.63, 3.8) is 0 Å². The van der Waals surface area contributed by atoms with Crippen molar-refractivity contribution >= 4 is 34.4 Å². The highest BCUT2D eigenvalue weighted by atomic mass is 35.5. The molecule has 0 spiro atoms. The van der Waals surface area contributed by atoms with Crippen molar-refractivity contribution in [2.45, 2.75) is 63.5 Å². The number of carbonyl (C=O) groups is 2. The van der Waals surface area contributed by atoms with Crippen molar-refractivity contribution in [1.82, 2.24) is 9.88 Å². The fraction of sp³-hybridized carbons (Fsp3) is 0.565. The summed E-state index contributed by atoms with van der Waals surface area (Å²) >= 11 is 6.43. The molecule has 4 fully saturated rings. The van der Waals surface area contributed by atoms with Crippen LogP contribution in [0.3, 0.4) is 0 Å². The maximum atomic E-state index is 13.4. The quantitative estimate of drug-likeness (QED) is 0.741. The molecule has 2 aliphatic heterocycles. The van der Waals surface area contributed by atoms with E-state index in [4.69, 9.17) is 16.3 Å². The normalized spacial score (nSPS) is 31.3. The molecule has 1 aromatic carbocycles. The molecule has 2 aliphatic carbocycles. The number of aromatic nitrogens is 1. The molecule has 5 nitrogen and oxygen atoms in total. The zero-order valence-corrected chi connectivity index (χ0v) is 17.7. The predicted octanol–water partition coefficient (Wildman–Crippen LogP) is 4.65. The van der Waals surface area contributed by atoms with Crippen molar-refractivity contribution < 1.29 is 14.3 Å². The lowest BCUT2D eigenvalue weighted by molar-refractivity contribution is -0.181. The molecule has 1 N–H and O–H groups in total. The third-order valence-electron chi connectivity index (χ3n) is 7.53.